The minimum Gasteiger partial charge on any atom is -0.497 e. The van der Waals surface area contributed by atoms with Crippen LogP contribution in [0.1, 0.15) is 5.69 Å². The smallest absolute Gasteiger partial charge is 0.226 e. The monoisotopic (exact) mass is 219 g/mol. The number of aromatic nitrogens is 1. The lowest BCUT2D eigenvalue weighted by molar-refractivity contribution is 0.298. The third-order valence-electron chi connectivity index (χ3n) is 2.26. The minimum atomic E-state index is 0.0780. The summed E-state index contributed by atoms with van der Waals surface area (Å²) in [5, 5.41) is 8.77. The van der Waals surface area contributed by atoms with Crippen molar-refractivity contribution in [2.75, 3.05) is 13.7 Å². The highest BCUT2D eigenvalue weighted by Crippen LogP contribution is 2.21. The first kappa shape index (κ1) is 10.7. The number of rotatable bonds is 4. The van der Waals surface area contributed by atoms with Crippen LogP contribution in [0, 0.1) is 0 Å². The van der Waals surface area contributed by atoms with Gasteiger partial charge in [0.25, 0.3) is 0 Å². The first-order chi connectivity index (χ1) is 7.83. The number of aliphatic hydroxyl groups is 1. The Hall–Kier alpha value is -1.81. The molecule has 0 fully saturated rings. The summed E-state index contributed by atoms with van der Waals surface area (Å²) in [6.45, 7) is 0.0780. The minimum absolute atomic E-state index is 0.0780. The highest BCUT2D eigenvalue weighted by molar-refractivity contribution is 5.54. The number of hydrogen-bond donors (Lipinski definition) is 1. The lowest BCUT2D eigenvalue weighted by Gasteiger charge is -1.99. The zero-order chi connectivity index (χ0) is 11.4. The molecule has 16 heavy (non-hydrogen) atoms. The average molecular weight is 219 g/mol. The quantitative estimate of drug-likeness (QED) is 0.853. The normalized spacial score (nSPS) is 10.4. The van der Waals surface area contributed by atoms with Crippen molar-refractivity contribution in [3.05, 3.63) is 36.2 Å². The van der Waals surface area contributed by atoms with E-state index in [4.69, 9.17) is 14.3 Å². The third kappa shape index (κ3) is 2.23. The Kier molecular flexibility index (Phi) is 3.22. The van der Waals surface area contributed by atoms with E-state index in [1.54, 1.807) is 13.4 Å². The molecule has 0 aliphatic heterocycles. The Morgan fingerprint density at radius 3 is 2.69 bits per heavy atom. The fraction of sp³-hybridized carbons (Fsp3) is 0.250. The molecule has 0 aliphatic rings. The third-order valence-corrected chi connectivity index (χ3v) is 2.26. The van der Waals surface area contributed by atoms with E-state index in [1.807, 2.05) is 24.3 Å². The fourth-order valence-electron chi connectivity index (χ4n) is 1.40. The topological polar surface area (TPSA) is 55.5 Å². The number of ether oxygens (including phenoxy) is 1. The van der Waals surface area contributed by atoms with E-state index in [9.17, 15) is 0 Å². The largest absolute Gasteiger partial charge is 0.497 e. The number of nitrogens with zero attached hydrogens (tertiary/aromatic N) is 1. The number of methoxy groups -OCH3 is 1. The standard InChI is InChI=1S/C12H13NO3/c1-15-11-4-2-9(3-5-11)12-13-10(6-7-14)8-16-12/h2-5,8,14H,6-7H2,1H3. The van der Waals surface area contributed by atoms with Crippen LogP contribution in [0.15, 0.2) is 34.9 Å². The summed E-state index contributed by atoms with van der Waals surface area (Å²) < 4.78 is 10.4. The number of benzene rings is 1. The van der Waals surface area contributed by atoms with Crippen LogP contribution in [-0.4, -0.2) is 23.8 Å². The highest BCUT2D eigenvalue weighted by atomic mass is 16.5. The maximum atomic E-state index is 8.77. The van der Waals surface area contributed by atoms with Gasteiger partial charge in [0.15, 0.2) is 0 Å². The van der Waals surface area contributed by atoms with E-state index in [1.165, 1.54) is 0 Å². The molecule has 4 nitrogen and oxygen atoms in total. The summed E-state index contributed by atoms with van der Waals surface area (Å²) in [6, 6.07) is 7.47. The predicted octanol–water partition coefficient (Wildman–Crippen LogP) is 1.89. The molecule has 0 bridgehead atoms. The molecule has 2 aromatic rings. The molecule has 1 aromatic carbocycles. The maximum absolute atomic E-state index is 8.77. The molecule has 0 amide bonds. The van der Waals surface area contributed by atoms with Gasteiger partial charge in [0.2, 0.25) is 5.89 Å². The Bertz CT molecular complexity index is 448. The number of hydrogen-bond acceptors (Lipinski definition) is 4. The zero-order valence-corrected chi connectivity index (χ0v) is 9.01. The van der Waals surface area contributed by atoms with Crippen LogP contribution in [0.25, 0.3) is 11.5 Å². The summed E-state index contributed by atoms with van der Waals surface area (Å²) in [5.41, 5.74) is 1.65. The molecule has 4 heteroatoms. The second kappa shape index (κ2) is 4.81. The summed E-state index contributed by atoms with van der Waals surface area (Å²) in [4.78, 5) is 4.26. The summed E-state index contributed by atoms with van der Waals surface area (Å²) in [6.07, 6.45) is 2.08. The van der Waals surface area contributed by atoms with Crippen molar-refractivity contribution in [1.82, 2.24) is 4.98 Å². The molecule has 0 atom stereocenters. The summed E-state index contributed by atoms with van der Waals surface area (Å²) in [7, 11) is 1.62. The Morgan fingerprint density at radius 2 is 2.06 bits per heavy atom. The molecule has 1 aromatic heterocycles. The lowest BCUT2D eigenvalue weighted by Crippen LogP contribution is -1.90. The van der Waals surface area contributed by atoms with E-state index in [0.29, 0.717) is 12.3 Å². The number of oxazole rings is 1. The van der Waals surface area contributed by atoms with Crippen LogP contribution < -0.4 is 4.74 Å². The van der Waals surface area contributed by atoms with E-state index in [-0.39, 0.29) is 6.61 Å². The van der Waals surface area contributed by atoms with Gasteiger partial charge in [-0.2, -0.15) is 0 Å². The molecule has 0 saturated carbocycles. The van der Waals surface area contributed by atoms with Crippen molar-refractivity contribution in [2.45, 2.75) is 6.42 Å². The van der Waals surface area contributed by atoms with Gasteiger partial charge in [-0.25, -0.2) is 4.98 Å². The van der Waals surface area contributed by atoms with Crippen molar-refractivity contribution in [2.24, 2.45) is 0 Å². The van der Waals surface area contributed by atoms with Gasteiger partial charge >= 0.3 is 0 Å². The SMILES string of the molecule is COc1ccc(-c2nc(CCO)co2)cc1. The van der Waals surface area contributed by atoms with Crippen LogP contribution in [-0.2, 0) is 6.42 Å². The number of aliphatic hydroxyl groups excluding tert-OH is 1. The van der Waals surface area contributed by atoms with E-state index < -0.39 is 0 Å². The van der Waals surface area contributed by atoms with E-state index in [2.05, 4.69) is 4.98 Å². The first-order valence-corrected chi connectivity index (χ1v) is 5.03. The van der Waals surface area contributed by atoms with Crippen molar-refractivity contribution in [1.29, 1.82) is 0 Å². The van der Waals surface area contributed by atoms with Gasteiger partial charge in [-0.05, 0) is 24.3 Å². The second-order valence-corrected chi connectivity index (χ2v) is 3.35. The fourth-order valence-corrected chi connectivity index (χ4v) is 1.40. The molecular formula is C12H13NO3. The molecular weight excluding hydrogens is 206 g/mol. The van der Waals surface area contributed by atoms with Crippen molar-refractivity contribution < 1.29 is 14.3 Å². The van der Waals surface area contributed by atoms with Crippen molar-refractivity contribution >= 4 is 0 Å². The molecule has 0 spiro atoms. The van der Waals surface area contributed by atoms with E-state index >= 15 is 0 Å². The first-order valence-electron chi connectivity index (χ1n) is 5.03. The Balaban J connectivity index is 2.21. The van der Waals surface area contributed by atoms with Gasteiger partial charge in [0, 0.05) is 18.6 Å². The van der Waals surface area contributed by atoms with Crippen LogP contribution in [0.5, 0.6) is 5.75 Å². The molecule has 1 N–H and O–H groups in total. The molecule has 0 aliphatic carbocycles. The molecule has 84 valence electrons. The van der Waals surface area contributed by atoms with Gasteiger partial charge in [0.1, 0.15) is 12.0 Å². The van der Waals surface area contributed by atoms with Crippen LogP contribution in [0.2, 0.25) is 0 Å². The average Bonchev–Trinajstić information content (AvgIpc) is 2.78. The summed E-state index contributed by atoms with van der Waals surface area (Å²) in [5.74, 6) is 1.36. The molecule has 2 rings (SSSR count). The predicted molar refractivity (Wildman–Crippen MR) is 59.3 cm³/mol. The highest BCUT2D eigenvalue weighted by Gasteiger charge is 2.06. The zero-order valence-electron chi connectivity index (χ0n) is 9.01. The van der Waals surface area contributed by atoms with Crippen LogP contribution >= 0.6 is 0 Å². The van der Waals surface area contributed by atoms with Crippen molar-refractivity contribution in [3.63, 3.8) is 0 Å². The van der Waals surface area contributed by atoms with Crippen LogP contribution in [0.4, 0.5) is 0 Å². The molecule has 0 radical (unpaired) electrons. The van der Waals surface area contributed by atoms with Gasteiger partial charge in [-0.15, -0.1) is 0 Å². The molecule has 0 unspecified atom stereocenters. The van der Waals surface area contributed by atoms with Gasteiger partial charge in [-0.3, -0.25) is 0 Å². The molecule has 1 heterocycles. The van der Waals surface area contributed by atoms with Gasteiger partial charge < -0.3 is 14.3 Å². The lowest BCUT2D eigenvalue weighted by atomic mass is 10.2. The van der Waals surface area contributed by atoms with Gasteiger partial charge in [0.05, 0.1) is 12.8 Å². The maximum Gasteiger partial charge on any atom is 0.226 e. The Labute approximate surface area is 93.5 Å². The van der Waals surface area contributed by atoms with Gasteiger partial charge in [-0.1, -0.05) is 0 Å². The van der Waals surface area contributed by atoms with E-state index in [0.717, 1.165) is 17.0 Å². The Morgan fingerprint density at radius 1 is 1.31 bits per heavy atom. The van der Waals surface area contributed by atoms with Crippen LogP contribution in [0.3, 0.4) is 0 Å². The summed E-state index contributed by atoms with van der Waals surface area (Å²) >= 11 is 0. The van der Waals surface area contributed by atoms with Crippen molar-refractivity contribution in [3.8, 4) is 17.2 Å². The molecule has 0 saturated heterocycles. The second-order valence-electron chi connectivity index (χ2n) is 3.35.